The van der Waals surface area contributed by atoms with Crippen LogP contribution in [0.3, 0.4) is 0 Å². The van der Waals surface area contributed by atoms with E-state index < -0.39 is 19.7 Å². The van der Waals surface area contributed by atoms with E-state index in [2.05, 4.69) is 0 Å². The van der Waals surface area contributed by atoms with Crippen molar-refractivity contribution in [3.05, 3.63) is 96.1 Å². The molecule has 0 amide bonds. The molecule has 8 heteroatoms. The molecule has 0 unspecified atom stereocenters. The fourth-order valence-electron chi connectivity index (χ4n) is 3.66. The van der Waals surface area contributed by atoms with Crippen LogP contribution in [0.25, 0.3) is 11.1 Å². The van der Waals surface area contributed by atoms with Crippen molar-refractivity contribution in [1.82, 2.24) is 0 Å². The maximum Gasteiger partial charge on any atom is 0.207 e. The molecule has 0 bridgehead atoms. The molecule has 0 heterocycles. The van der Waals surface area contributed by atoms with E-state index in [1.165, 1.54) is 48.5 Å². The first-order valence-electron chi connectivity index (χ1n) is 10.4. The second-order valence-electron chi connectivity index (χ2n) is 8.14. The van der Waals surface area contributed by atoms with E-state index in [9.17, 15) is 16.8 Å². The summed E-state index contributed by atoms with van der Waals surface area (Å²) in [6.07, 6.45) is 0. The number of benzene rings is 4. The summed E-state index contributed by atoms with van der Waals surface area (Å²) in [6, 6.07) is 21.7. The number of sulfone groups is 2. The number of hydrogen-bond donors (Lipinski definition) is 2. The number of nitrogens with two attached hydrogens (primary N) is 2. The maximum atomic E-state index is 13.6. The van der Waals surface area contributed by atoms with E-state index in [-0.39, 0.29) is 42.1 Å². The van der Waals surface area contributed by atoms with Gasteiger partial charge in [-0.3, -0.25) is 0 Å². The van der Waals surface area contributed by atoms with Crippen molar-refractivity contribution in [2.24, 2.45) is 0 Å². The van der Waals surface area contributed by atoms with Gasteiger partial charge in [-0.1, -0.05) is 47.5 Å². The molecular formula is C26H24N2O4S2. The van der Waals surface area contributed by atoms with E-state index >= 15 is 0 Å². The highest BCUT2D eigenvalue weighted by molar-refractivity contribution is 7.92. The molecule has 0 aliphatic rings. The largest absolute Gasteiger partial charge is 0.399 e. The molecular weight excluding hydrogens is 468 g/mol. The number of nitrogen functional groups attached to an aromatic ring is 2. The van der Waals surface area contributed by atoms with Gasteiger partial charge in [-0.05, 0) is 62.4 Å². The Labute approximate surface area is 199 Å². The lowest BCUT2D eigenvalue weighted by molar-refractivity contribution is 0.593. The van der Waals surface area contributed by atoms with E-state index in [1.807, 2.05) is 13.8 Å². The summed E-state index contributed by atoms with van der Waals surface area (Å²) in [6.45, 7) is 3.72. The van der Waals surface area contributed by atoms with Gasteiger partial charge in [0.2, 0.25) is 19.7 Å². The smallest absolute Gasteiger partial charge is 0.207 e. The van der Waals surface area contributed by atoms with Crippen molar-refractivity contribution in [3.8, 4) is 11.1 Å². The molecule has 4 N–H and O–H groups in total. The number of rotatable bonds is 5. The van der Waals surface area contributed by atoms with Crippen molar-refractivity contribution in [1.29, 1.82) is 0 Å². The van der Waals surface area contributed by atoms with Crippen molar-refractivity contribution in [3.63, 3.8) is 0 Å². The van der Waals surface area contributed by atoms with Gasteiger partial charge in [-0.15, -0.1) is 0 Å². The van der Waals surface area contributed by atoms with Crippen LogP contribution in [0.1, 0.15) is 11.1 Å². The zero-order valence-electron chi connectivity index (χ0n) is 18.7. The predicted molar refractivity (Wildman–Crippen MR) is 134 cm³/mol. The first kappa shape index (κ1) is 23.5. The molecule has 4 rings (SSSR count). The Morgan fingerprint density at radius 2 is 0.824 bits per heavy atom. The molecule has 4 aromatic rings. The highest BCUT2D eigenvalue weighted by Gasteiger charge is 2.28. The average Bonchev–Trinajstić information content (AvgIpc) is 2.80. The second kappa shape index (κ2) is 8.62. The Kier molecular flexibility index (Phi) is 5.97. The minimum Gasteiger partial charge on any atom is -0.399 e. The van der Waals surface area contributed by atoms with Crippen LogP contribution < -0.4 is 11.5 Å². The summed E-state index contributed by atoms with van der Waals surface area (Å²) < 4.78 is 54.4. The molecule has 0 aromatic heterocycles. The molecule has 0 aliphatic carbocycles. The fourth-order valence-corrected chi connectivity index (χ4v) is 6.67. The Morgan fingerprint density at radius 3 is 1.15 bits per heavy atom. The molecule has 0 radical (unpaired) electrons. The molecule has 4 aromatic carbocycles. The van der Waals surface area contributed by atoms with Crippen molar-refractivity contribution >= 4 is 31.0 Å². The third-order valence-electron chi connectivity index (χ3n) is 5.54. The van der Waals surface area contributed by atoms with Crippen LogP contribution >= 0.6 is 0 Å². The summed E-state index contributed by atoms with van der Waals surface area (Å²) in [5, 5.41) is 0. The monoisotopic (exact) mass is 492 g/mol. The summed E-state index contributed by atoms with van der Waals surface area (Å²) >= 11 is 0. The van der Waals surface area contributed by atoms with E-state index in [0.29, 0.717) is 0 Å². The van der Waals surface area contributed by atoms with Crippen molar-refractivity contribution in [2.45, 2.75) is 33.4 Å². The first-order chi connectivity index (χ1) is 16.0. The van der Waals surface area contributed by atoms with Crippen LogP contribution in [0.2, 0.25) is 0 Å². The quantitative estimate of drug-likeness (QED) is 0.386. The highest BCUT2D eigenvalue weighted by Crippen LogP contribution is 2.39. The third-order valence-corrected chi connectivity index (χ3v) is 9.16. The number of hydrogen-bond acceptors (Lipinski definition) is 6. The standard InChI is InChI=1S/C26H24N2O4S2/c1-17-3-9-21(10-4-17)33(29,30)25-15-19(27)7-13-23(25)24-14-8-20(28)16-26(24)34(31,32)22-11-5-18(2)6-12-22/h3-16H,27-28H2,1-2H3. The van der Waals surface area contributed by atoms with Crippen LogP contribution in [0.4, 0.5) is 11.4 Å². The lowest BCUT2D eigenvalue weighted by Gasteiger charge is -2.16. The van der Waals surface area contributed by atoms with Crippen molar-refractivity contribution < 1.29 is 16.8 Å². The van der Waals surface area contributed by atoms with Crippen LogP contribution in [-0.4, -0.2) is 16.8 Å². The van der Waals surface area contributed by atoms with Crippen LogP contribution in [0.5, 0.6) is 0 Å². The van der Waals surface area contributed by atoms with Gasteiger partial charge in [0.05, 0.1) is 19.6 Å². The van der Waals surface area contributed by atoms with Gasteiger partial charge in [0, 0.05) is 22.5 Å². The molecule has 34 heavy (non-hydrogen) atoms. The zero-order chi connectivity index (χ0) is 24.7. The molecule has 0 spiro atoms. The van der Waals surface area contributed by atoms with Gasteiger partial charge in [0.25, 0.3) is 0 Å². The lowest BCUT2D eigenvalue weighted by atomic mass is 10.0. The summed E-state index contributed by atoms with van der Waals surface area (Å²) in [5.74, 6) is 0. The van der Waals surface area contributed by atoms with Gasteiger partial charge in [0.1, 0.15) is 0 Å². The Morgan fingerprint density at radius 1 is 0.500 bits per heavy atom. The Hall–Kier alpha value is -3.62. The topological polar surface area (TPSA) is 120 Å². The summed E-state index contributed by atoms with van der Waals surface area (Å²) in [7, 11) is -8.01. The van der Waals surface area contributed by atoms with Crippen LogP contribution in [-0.2, 0) is 19.7 Å². The Balaban J connectivity index is 1.99. The lowest BCUT2D eigenvalue weighted by Crippen LogP contribution is -2.09. The fraction of sp³-hybridized carbons (Fsp3) is 0.0769. The van der Waals surface area contributed by atoms with Crippen molar-refractivity contribution in [2.75, 3.05) is 11.5 Å². The predicted octanol–water partition coefficient (Wildman–Crippen LogP) is 4.80. The Bertz CT molecular complexity index is 1470. The third kappa shape index (κ3) is 4.30. The normalized spacial score (nSPS) is 11.9. The van der Waals surface area contributed by atoms with Gasteiger partial charge in [-0.2, -0.15) is 0 Å². The van der Waals surface area contributed by atoms with Gasteiger partial charge in [0.15, 0.2) is 0 Å². The molecule has 0 aliphatic heterocycles. The number of anilines is 2. The number of aryl methyl sites for hydroxylation is 2. The molecule has 0 atom stereocenters. The zero-order valence-corrected chi connectivity index (χ0v) is 20.3. The highest BCUT2D eigenvalue weighted by atomic mass is 32.2. The minimum absolute atomic E-state index is 0.0820. The van der Waals surface area contributed by atoms with Gasteiger partial charge >= 0.3 is 0 Å². The molecule has 0 saturated heterocycles. The summed E-state index contributed by atoms with van der Waals surface area (Å²) in [5.41, 5.74) is 14.7. The first-order valence-corrected chi connectivity index (χ1v) is 13.4. The van der Waals surface area contributed by atoms with E-state index in [0.717, 1.165) is 11.1 Å². The molecule has 0 saturated carbocycles. The molecule has 174 valence electrons. The minimum atomic E-state index is -4.01. The van der Waals surface area contributed by atoms with Gasteiger partial charge in [-0.25, -0.2) is 16.8 Å². The summed E-state index contributed by atoms with van der Waals surface area (Å²) in [4.78, 5) is 0.00892. The molecule has 0 fully saturated rings. The van der Waals surface area contributed by atoms with E-state index in [4.69, 9.17) is 11.5 Å². The van der Waals surface area contributed by atoms with Gasteiger partial charge < -0.3 is 11.5 Å². The maximum absolute atomic E-state index is 13.6. The average molecular weight is 493 g/mol. The SMILES string of the molecule is Cc1ccc(S(=O)(=O)c2cc(N)ccc2-c2ccc(N)cc2S(=O)(=O)c2ccc(C)cc2)cc1. The second-order valence-corrected chi connectivity index (χ2v) is 12.0. The van der Waals surface area contributed by atoms with Crippen LogP contribution in [0.15, 0.2) is 105 Å². The molecule has 6 nitrogen and oxygen atoms in total. The van der Waals surface area contributed by atoms with E-state index in [1.54, 1.807) is 36.4 Å². The van der Waals surface area contributed by atoms with Crippen LogP contribution in [0, 0.1) is 13.8 Å².